The zero-order chi connectivity index (χ0) is 25.2. The van der Waals surface area contributed by atoms with Crippen LogP contribution in [-0.2, 0) is 21.4 Å². The van der Waals surface area contributed by atoms with Crippen LogP contribution < -0.4 is 5.76 Å². The number of hydrogen-bond donors (Lipinski definition) is 0. The van der Waals surface area contributed by atoms with E-state index in [9.17, 15) is 18.0 Å². The number of oxazole rings is 1. The van der Waals surface area contributed by atoms with Gasteiger partial charge in [0.25, 0.3) is 0 Å². The highest BCUT2D eigenvalue weighted by atomic mass is 32.2. The zero-order valence-electron chi connectivity index (χ0n) is 19.8. The van der Waals surface area contributed by atoms with Crippen molar-refractivity contribution >= 4 is 27.0 Å². The number of amides is 1. The predicted octanol–water partition coefficient (Wildman–Crippen LogP) is 3.25. The minimum absolute atomic E-state index is 0.0802. The summed E-state index contributed by atoms with van der Waals surface area (Å²) in [5.41, 5.74) is 2.10. The molecule has 1 atom stereocenters. The lowest BCUT2D eigenvalue weighted by Gasteiger charge is -2.28. The molecular formula is C25H28N4O5S. The van der Waals surface area contributed by atoms with Crippen LogP contribution in [-0.4, -0.2) is 47.7 Å². The van der Waals surface area contributed by atoms with Gasteiger partial charge in [0.1, 0.15) is 0 Å². The van der Waals surface area contributed by atoms with Gasteiger partial charge in [0.05, 0.1) is 28.1 Å². The van der Waals surface area contributed by atoms with Crippen molar-refractivity contribution in [1.29, 1.82) is 5.26 Å². The second-order valence-electron chi connectivity index (χ2n) is 8.60. The Hall–Kier alpha value is -3.42. The third kappa shape index (κ3) is 4.88. The van der Waals surface area contributed by atoms with Crippen molar-refractivity contribution in [1.82, 2.24) is 13.8 Å². The van der Waals surface area contributed by atoms with Gasteiger partial charge < -0.3 is 9.32 Å². The fourth-order valence-electron chi connectivity index (χ4n) is 4.53. The van der Waals surface area contributed by atoms with Gasteiger partial charge in [-0.1, -0.05) is 12.1 Å². The maximum atomic E-state index is 13.0. The first-order valence-corrected chi connectivity index (χ1v) is 13.1. The number of rotatable bonds is 8. The molecule has 0 aliphatic carbocycles. The lowest BCUT2D eigenvalue weighted by molar-refractivity contribution is -0.133. The number of benzene rings is 2. The average molecular weight is 497 g/mol. The van der Waals surface area contributed by atoms with E-state index in [-0.39, 0.29) is 35.4 Å². The lowest BCUT2D eigenvalue weighted by Crippen LogP contribution is -2.34. The number of aromatic nitrogens is 1. The molecule has 0 bridgehead atoms. The minimum atomic E-state index is -3.63. The SMILES string of the molecule is CCN(C(=O)CCn1c(=O)oc2cc(S(=O)(=O)N3CCCC3)ccc21)C(C)c1ccc(C#N)cc1. The minimum Gasteiger partial charge on any atom is -0.408 e. The van der Waals surface area contributed by atoms with Gasteiger partial charge in [0.15, 0.2) is 5.58 Å². The Morgan fingerprint density at radius 1 is 1.17 bits per heavy atom. The molecule has 1 saturated heterocycles. The highest BCUT2D eigenvalue weighted by Gasteiger charge is 2.28. The summed E-state index contributed by atoms with van der Waals surface area (Å²) in [5, 5.41) is 8.99. The number of hydrogen-bond acceptors (Lipinski definition) is 6. The van der Waals surface area contributed by atoms with E-state index in [1.807, 2.05) is 26.0 Å². The summed E-state index contributed by atoms with van der Waals surface area (Å²) in [4.78, 5) is 27.4. The maximum Gasteiger partial charge on any atom is 0.419 e. The van der Waals surface area contributed by atoms with Gasteiger partial charge in [-0.25, -0.2) is 13.2 Å². The van der Waals surface area contributed by atoms with Crippen LogP contribution in [0.15, 0.2) is 56.6 Å². The maximum absolute atomic E-state index is 13.0. The van der Waals surface area contributed by atoms with Crippen molar-refractivity contribution in [2.75, 3.05) is 19.6 Å². The van der Waals surface area contributed by atoms with E-state index in [1.54, 1.807) is 23.1 Å². The number of fused-ring (bicyclic) bond motifs is 1. The Balaban J connectivity index is 1.50. The molecule has 0 spiro atoms. The van der Waals surface area contributed by atoms with Gasteiger partial charge in [-0.2, -0.15) is 9.57 Å². The van der Waals surface area contributed by atoms with Gasteiger partial charge in [-0.15, -0.1) is 0 Å². The van der Waals surface area contributed by atoms with Gasteiger partial charge >= 0.3 is 5.76 Å². The molecule has 3 aromatic rings. The number of carbonyl (C=O) groups excluding carboxylic acids is 1. The topological polar surface area (TPSA) is 117 Å². The quantitative estimate of drug-likeness (QED) is 0.473. The van der Waals surface area contributed by atoms with Gasteiger partial charge in [0.2, 0.25) is 15.9 Å². The second kappa shape index (κ2) is 10.1. The zero-order valence-corrected chi connectivity index (χ0v) is 20.6. The first-order valence-electron chi connectivity index (χ1n) is 11.7. The van der Waals surface area contributed by atoms with E-state index in [4.69, 9.17) is 9.68 Å². The van der Waals surface area contributed by atoms with Crippen LogP contribution in [0, 0.1) is 11.3 Å². The van der Waals surface area contributed by atoms with Crippen molar-refractivity contribution in [2.24, 2.45) is 0 Å². The van der Waals surface area contributed by atoms with Crippen LogP contribution in [0.4, 0.5) is 0 Å². The number of nitrogens with zero attached hydrogens (tertiary/aromatic N) is 4. The molecule has 184 valence electrons. The van der Waals surface area contributed by atoms with Gasteiger partial charge in [-0.05, 0) is 56.5 Å². The Labute approximate surface area is 204 Å². The Bertz CT molecular complexity index is 1430. The fraction of sp³-hybridized carbons (Fsp3) is 0.400. The van der Waals surface area contributed by atoms with E-state index in [0.29, 0.717) is 30.7 Å². The molecule has 1 aliphatic rings. The molecule has 1 amide bonds. The van der Waals surface area contributed by atoms with E-state index in [2.05, 4.69) is 6.07 Å². The molecule has 0 radical (unpaired) electrons. The summed E-state index contributed by atoms with van der Waals surface area (Å²) in [6.45, 7) is 5.38. The summed E-state index contributed by atoms with van der Waals surface area (Å²) < 4.78 is 33.8. The van der Waals surface area contributed by atoms with Crippen molar-refractivity contribution < 1.29 is 17.6 Å². The van der Waals surface area contributed by atoms with E-state index in [0.717, 1.165) is 18.4 Å². The summed E-state index contributed by atoms with van der Waals surface area (Å²) in [7, 11) is -3.63. The Morgan fingerprint density at radius 3 is 2.49 bits per heavy atom. The molecule has 0 saturated carbocycles. The van der Waals surface area contributed by atoms with Crippen LogP contribution in [0.5, 0.6) is 0 Å². The molecule has 1 unspecified atom stereocenters. The number of carbonyl (C=O) groups is 1. The van der Waals surface area contributed by atoms with Crippen LogP contribution in [0.1, 0.15) is 50.3 Å². The van der Waals surface area contributed by atoms with Crippen LogP contribution in [0.25, 0.3) is 11.1 Å². The third-order valence-electron chi connectivity index (χ3n) is 6.54. The Morgan fingerprint density at radius 2 is 1.86 bits per heavy atom. The molecule has 2 aromatic carbocycles. The molecule has 9 nitrogen and oxygen atoms in total. The summed E-state index contributed by atoms with van der Waals surface area (Å²) in [6.07, 6.45) is 1.75. The molecule has 4 rings (SSSR count). The number of sulfonamides is 1. The van der Waals surface area contributed by atoms with Crippen molar-refractivity contribution in [3.63, 3.8) is 0 Å². The van der Waals surface area contributed by atoms with Gasteiger partial charge in [0, 0.05) is 38.7 Å². The molecule has 10 heteroatoms. The molecule has 35 heavy (non-hydrogen) atoms. The second-order valence-corrected chi connectivity index (χ2v) is 10.5. The first kappa shape index (κ1) is 24.7. The highest BCUT2D eigenvalue weighted by Crippen LogP contribution is 2.25. The lowest BCUT2D eigenvalue weighted by atomic mass is 10.0. The third-order valence-corrected chi connectivity index (χ3v) is 8.44. The van der Waals surface area contributed by atoms with Crippen molar-refractivity contribution in [3.05, 3.63) is 64.1 Å². The summed E-state index contributed by atoms with van der Waals surface area (Å²) in [6, 6.07) is 13.4. The highest BCUT2D eigenvalue weighted by molar-refractivity contribution is 7.89. The summed E-state index contributed by atoms with van der Waals surface area (Å²) in [5.74, 6) is -0.759. The van der Waals surface area contributed by atoms with Crippen molar-refractivity contribution in [3.8, 4) is 6.07 Å². The van der Waals surface area contributed by atoms with E-state index in [1.165, 1.54) is 21.0 Å². The number of aryl methyl sites for hydroxylation is 1. The normalized spacial score (nSPS) is 15.2. The largest absolute Gasteiger partial charge is 0.419 e. The number of nitriles is 1. The van der Waals surface area contributed by atoms with Crippen molar-refractivity contribution in [2.45, 2.75) is 50.6 Å². The molecule has 0 N–H and O–H groups in total. The van der Waals surface area contributed by atoms with Crippen LogP contribution >= 0.6 is 0 Å². The molecular weight excluding hydrogens is 468 g/mol. The van der Waals surface area contributed by atoms with Gasteiger partial charge in [-0.3, -0.25) is 9.36 Å². The Kier molecular flexibility index (Phi) is 7.10. The first-order chi connectivity index (χ1) is 16.8. The standard InChI is InChI=1S/C25H28N4O5S/c1-3-28(18(2)20-8-6-19(17-26)7-9-20)24(30)12-15-29-22-11-10-21(16-23(22)34-25(29)31)35(32,33)27-13-4-5-14-27/h6-11,16,18H,3-5,12-15H2,1-2H3. The molecule has 1 aromatic heterocycles. The van der Waals surface area contributed by atoms with Crippen LogP contribution in [0.2, 0.25) is 0 Å². The molecule has 2 heterocycles. The van der Waals surface area contributed by atoms with E-state index < -0.39 is 15.8 Å². The van der Waals surface area contributed by atoms with Crippen LogP contribution in [0.3, 0.4) is 0 Å². The van der Waals surface area contributed by atoms with E-state index >= 15 is 0 Å². The predicted molar refractivity (Wildman–Crippen MR) is 130 cm³/mol. The smallest absolute Gasteiger partial charge is 0.408 e. The molecule has 1 aliphatic heterocycles. The monoisotopic (exact) mass is 496 g/mol. The molecule has 1 fully saturated rings. The summed E-state index contributed by atoms with van der Waals surface area (Å²) >= 11 is 0. The fourth-order valence-corrected chi connectivity index (χ4v) is 6.06. The average Bonchev–Trinajstić information content (AvgIpc) is 3.51.